The maximum atomic E-state index is 13.0. The molecular weight excluding hydrogens is 360 g/mol. The second-order valence-electron chi connectivity index (χ2n) is 8.64. The van der Waals surface area contributed by atoms with Crippen LogP contribution in [0.15, 0.2) is 54.6 Å². The van der Waals surface area contributed by atoms with Crippen LogP contribution in [-0.4, -0.2) is 21.6 Å². The van der Waals surface area contributed by atoms with Gasteiger partial charge in [0.25, 0.3) is 0 Å². The standard InChI is InChI=1S/C25H32N2O2/c1-17(2)15-23(19(5)18(3)4)29-24(28)16-27-22-14-10-9-13-21(22)26-25(27)20-11-7-6-8-12-20/h6-14,17-19,23H,15-16H2,1-5H3. The highest BCUT2D eigenvalue weighted by atomic mass is 16.5. The summed E-state index contributed by atoms with van der Waals surface area (Å²) in [6, 6.07) is 17.9. The maximum absolute atomic E-state index is 13.0. The third-order valence-corrected chi connectivity index (χ3v) is 5.60. The minimum absolute atomic E-state index is 0.0718. The molecule has 0 bridgehead atoms. The first kappa shape index (κ1) is 21.1. The summed E-state index contributed by atoms with van der Waals surface area (Å²) in [5.41, 5.74) is 2.82. The molecule has 3 aromatic rings. The molecule has 2 atom stereocenters. The molecule has 4 nitrogen and oxygen atoms in total. The minimum Gasteiger partial charge on any atom is -0.461 e. The van der Waals surface area contributed by atoms with Crippen LogP contribution in [0, 0.1) is 17.8 Å². The van der Waals surface area contributed by atoms with Gasteiger partial charge in [-0.25, -0.2) is 4.98 Å². The van der Waals surface area contributed by atoms with Crippen molar-refractivity contribution < 1.29 is 9.53 Å². The number of hydrogen-bond acceptors (Lipinski definition) is 3. The van der Waals surface area contributed by atoms with Gasteiger partial charge in [0.2, 0.25) is 0 Å². The molecule has 1 heterocycles. The Morgan fingerprint density at radius 1 is 0.966 bits per heavy atom. The van der Waals surface area contributed by atoms with E-state index in [1.54, 1.807) is 0 Å². The molecule has 29 heavy (non-hydrogen) atoms. The molecule has 0 saturated carbocycles. The number of carbonyl (C=O) groups excluding carboxylic acids is 1. The van der Waals surface area contributed by atoms with Crippen LogP contribution in [0.25, 0.3) is 22.4 Å². The van der Waals surface area contributed by atoms with Gasteiger partial charge in [-0.05, 0) is 36.3 Å². The third-order valence-electron chi connectivity index (χ3n) is 5.60. The normalized spacial score (nSPS) is 13.8. The van der Waals surface area contributed by atoms with Gasteiger partial charge in [0.05, 0.1) is 11.0 Å². The molecule has 2 unspecified atom stereocenters. The quantitative estimate of drug-likeness (QED) is 0.445. The van der Waals surface area contributed by atoms with E-state index in [2.05, 4.69) is 34.6 Å². The van der Waals surface area contributed by atoms with Crippen LogP contribution < -0.4 is 0 Å². The zero-order chi connectivity index (χ0) is 21.0. The fourth-order valence-corrected chi connectivity index (χ4v) is 3.64. The smallest absolute Gasteiger partial charge is 0.326 e. The van der Waals surface area contributed by atoms with E-state index in [1.807, 2.05) is 59.2 Å². The van der Waals surface area contributed by atoms with Gasteiger partial charge in [0, 0.05) is 5.56 Å². The Labute approximate surface area is 173 Å². The second kappa shape index (κ2) is 9.25. The van der Waals surface area contributed by atoms with Gasteiger partial charge >= 0.3 is 5.97 Å². The van der Waals surface area contributed by atoms with Crippen molar-refractivity contribution in [3.63, 3.8) is 0 Å². The predicted octanol–water partition coefficient (Wildman–Crippen LogP) is 5.95. The SMILES string of the molecule is CC(C)CC(OC(=O)Cn1c(-c2ccccc2)nc2ccccc21)C(C)C(C)C. The van der Waals surface area contributed by atoms with E-state index in [1.165, 1.54) is 0 Å². The number of imidazole rings is 1. The lowest BCUT2D eigenvalue weighted by atomic mass is 9.87. The first-order chi connectivity index (χ1) is 13.9. The molecule has 0 spiro atoms. The Morgan fingerprint density at radius 2 is 1.62 bits per heavy atom. The molecule has 0 N–H and O–H groups in total. The fraction of sp³-hybridized carbons (Fsp3) is 0.440. The number of aromatic nitrogens is 2. The largest absolute Gasteiger partial charge is 0.461 e. The monoisotopic (exact) mass is 392 g/mol. The Hall–Kier alpha value is -2.62. The Balaban J connectivity index is 1.89. The highest BCUT2D eigenvalue weighted by molar-refractivity contribution is 5.83. The lowest BCUT2D eigenvalue weighted by Crippen LogP contribution is -2.31. The number of esters is 1. The summed E-state index contributed by atoms with van der Waals surface area (Å²) in [6.07, 6.45) is 0.804. The van der Waals surface area contributed by atoms with Crippen LogP contribution in [0.2, 0.25) is 0 Å². The summed E-state index contributed by atoms with van der Waals surface area (Å²) >= 11 is 0. The summed E-state index contributed by atoms with van der Waals surface area (Å²) < 4.78 is 7.98. The van der Waals surface area contributed by atoms with E-state index >= 15 is 0 Å². The molecule has 0 aliphatic rings. The number of carbonyl (C=O) groups is 1. The van der Waals surface area contributed by atoms with Crippen LogP contribution in [-0.2, 0) is 16.1 Å². The first-order valence-corrected chi connectivity index (χ1v) is 10.6. The third kappa shape index (κ3) is 5.06. The van der Waals surface area contributed by atoms with Crippen molar-refractivity contribution in [1.29, 1.82) is 0 Å². The summed E-state index contributed by atoms with van der Waals surface area (Å²) in [7, 11) is 0. The highest BCUT2D eigenvalue weighted by Gasteiger charge is 2.26. The van der Waals surface area contributed by atoms with Crippen LogP contribution in [0.1, 0.15) is 41.0 Å². The number of para-hydroxylation sites is 2. The van der Waals surface area contributed by atoms with Crippen molar-refractivity contribution >= 4 is 17.0 Å². The molecule has 154 valence electrons. The molecule has 0 aliphatic carbocycles. The van der Waals surface area contributed by atoms with Crippen molar-refractivity contribution in [2.45, 2.75) is 53.7 Å². The molecule has 0 fully saturated rings. The van der Waals surface area contributed by atoms with Gasteiger partial charge < -0.3 is 9.30 Å². The number of benzene rings is 2. The zero-order valence-corrected chi connectivity index (χ0v) is 18.1. The molecule has 0 saturated heterocycles. The summed E-state index contributed by atoms with van der Waals surface area (Å²) in [5.74, 6) is 1.84. The molecule has 0 radical (unpaired) electrons. The van der Waals surface area contributed by atoms with E-state index in [9.17, 15) is 4.79 Å². The lowest BCUT2D eigenvalue weighted by molar-refractivity contribution is -0.154. The van der Waals surface area contributed by atoms with Gasteiger partial charge in [-0.15, -0.1) is 0 Å². The lowest BCUT2D eigenvalue weighted by Gasteiger charge is -2.28. The first-order valence-electron chi connectivity index (χ1n) is 10.6. The molecule has 2 aromatic carbocycles. The fourth-order valence-electron chi connectivity index (χ4n) is 3.64. The average Bonchev–Trinajstić information content (AvgIpc) is 3.05. The van der Waals surface area contributed by atoms with Gasteiger partial charge in [0.1, 0.15) is 18.5 Å². The topological polar surface area (TPSA) is 44.1 Å². The minimum atomic E-state index is -0.205. The predicted molar refractivity (Wildman–Crippen MR) is 119 cm³/mol. The van der Waals surface area contributed by atoms with Crippen molar-refractivity contribution in [3.05, 3.63) is 54.6 Å². The second-order valence-corrected chi connectivity index (χ2v) is 8.64. The molecule has 0 amide bonds. The van der Waals surface area contributed by atoms with Gasteiger partial charge in [-0.2, -0.15) is 0 Å². The number of nitrogens with zero attached hydrogens (tertiary/aromatic N) is 2. The number of fused-ring (bicyclic) bond motifs is 1. The van der Waals surface area contributed by atoms with Crippen molar-refractivity contribution in [2.75, 3.05) is 0 Å². The van der Waals surface area contributed by atoms with Crippen LogP contribution >= 0.6 is 0 Å². The average molecular weight is 393 g/mol. The maximum Gasteiger partial charge on any atom is 0.326 e. The van der Waals surface area contributed by atoms with Crippen molar-refractivity contribution in [1.82, 2.24) is 9.55 Å². The highest BCUT2D eigenvalue weighted by Crippen LogP contribution is 2.26. The molecular formula is C25H32N2O2. The van der Waals surface area contributed by atoms with Crippen LogP contribution in [0.3, 0.4) is 0 Å². The Morgan fingerprint density at radius 3 is 2.28 bits per heavy atom. The van der Waals surface area contributed by atoms with E-state index in [-0.39, 0.29) is 18.6 Å². The van der Waals surface area contributed by atoms with E-state index in [0.29, 0.717) is 17.8 Å². The number of rotatable bonds is 8. The van der Waals surface area contributed by atoms with Crippen molar-refractivity contribution in [2.24, 2.45) is 17.8 Å². The molecule has 0 aliphatic heterocycles. The summed E-state index contributed by atoms with van der Waals surface area (Å²) in [6.45, 7) is 11.0. The summed E-state index contributed by atoms with van der Waals surface area (Å²) in [5, 5.41) is 0. The van der Waals surface area contributed by atoms with Crippen LogP contribution in [0.4, 0.5) is 0 Å². The number of ether oxygens (including phenoxy) is 1. The zero-order valence-electron chi connectivity index (χ0n) is 18.1. The van der Waals surface area contributed by atoms with E-state index in [0.717, 1.165) is 28.8 Å². The van der Waals surface area contributed by atoms with E-state index in [4.69, 9.17) is 9.72 Å². The molecule has 3 rings (SSSR count). The van der Waals surface area contributed by atoms with Crippen molar-refractivity contribution in [3.8, 4) is 11.4 Å². The molecule has 1 aromatic heterocycles. The number of hydrogen-bond donors (Lipinski definition) is 0. The van der Waals surface area contributed by atoms with Gasteiger partial charge in [-0.1, -0.05) is 77.1 Å². The van der Waals surface area contributed by atoms with Gasteiger partial charge in [-0.3, -0.25) is 4.79 Å². The molecule has 4 heteroatoms. The Kier molecular flexibility index (Phi) is 6.73. The summed E-state index contributed by atoms with van der Waals surface area (Å²) in [4.78, 5) is 17.8. The van der Waals surface area contributed by atoms with E-state index < -0.39 is 0 Å². The van der Waals surface area contributed by atoms with Crippen LogP contribution in [0.5, 0.6) is 0 Å². The van der Waals surface area contributed by atoms with Gasteiger partial charge in [0.15, 0.2) is 0 Å². The Bertz CT molecular complexity index is 944.